The van der Waals surface area contributed by atoms with Crippen molar-refractivity contribution in [1.29, 1.82) is 0 Å². The van der Waals surface area contributed by atoms with E-state index >= 15 is 0 Å². The van der Waals surface area contributed by atoms with Gasteiger partial charge in [0.2, 0.25) is 0 Å². The van der Waals surface area contributed by atoms with Crippen LogP contribution in [0.3, 0.4) is 0 Å². The molecule has 4 unspecified atom stereocenters. The Hall–Kier alpha value is -8.26. The van der Waals surface area contributed by atoms with Crippen LogP contribution < -0.4 is 4.90 Å². The largest absolute Gasteiger partial charge is 0.310 e. The lowest BCUT2D eigenvalue weighted by atomic mass is 9.63. The Balaban J connectivity index is 1.05. The van der Waals surface area contributed by atoms with Crippen LogP contribution in [0.2, 0.25) is 0 Å². The highest BCUT2D eigenvalue weighted by Crippen LogP contribution is 2.62. The molecule has 328 valence electrons. The third-order valence-electron chi connectivity index (χ3n) is 15.8. The monoisotopic (exact) mass is 881 g/mol. The van der Waals surface area contributed by atoms with Gasteiger partial charge in [-0.3, -0.25) is 0 Å². The Morgan fingerprint density at radius 3 is 1.59 bits per heavy atom. The van der Waals surface area contributed by atoms with Gasteiger partial charge >= 0.3 is 0 Å². The molecule has 0 aliphatic heterocycles. The first-order valence-electron chi connectivity index (χ1n) is 24.5. The molecular formula is C68H51N. The lowest BCUT2D eigenvalue weighted by Gasteiger charge is -2.41. The molecule has 0 aromatic heterocycles. The van der Waals surface area contributed by atoms with Gasteiger partial charge < -0.3 is 4.90 Å². The molecule has 4 atom stereocenters. The van der Waals surface area contributed by atoms with Gasteiger partial charge in [0.1, 0.15) is 0 Å². The molecule has 0 spiro atoms. The van der Waals surface area contributed by atoms with Gasteiger partial charge in [-0.15, -0.1) is 0 Å². The van der Waals surface area contributed by atoms with Crippen LogP contribution in [0, 0.1) is 11.8 Å². The summed E-state index contributed by atoms with van der Waals surface area (Å²) in [6.45, 7) is 0. The minimum atomic E-state index is -0.396. The van der Waals surface area contributed by atoms with E-state index in [1.165, 1.54) is 78.0 Å². The number of allylic oxidation sites excluding steroid dienone is 7. The summed E-state index contributed by atoms with van der Waals surface area (Å²) in [6.07, 6.45) is 15.1. The lowest BCUT2D eigenvalue weighted by Crippen LogP contribution is -2.35. The Labute approximate surface area is 406 Å². The quantitative estimate of drug-likeness (QED) is 0.140. The first kappa shape index (κ1) is 41.0. The standard InChI is InChI=1S/C68H51N/c1-5-23-48(24-6-1)56-33-13-14-34-57(56)49-25-21-32-55(47-49)69(54-45-43-53(44-46-54)67(50-26-7-2-8-27-50)61-38-18-15-35-58(61)59-36-16-19-39-62(59)67)65-42-22-41-64-66(65)60-37-17-20-40-63(60)68(64,51-28-9-3-10-29-51)52-30-11-4-12-31-52/h1-40,42-47,58,61,64H,41H2. The second-order valence-corrected chi connectivity index (χ2v) is 19.0. The normalized spacial score (nSPS) is 20.2. The highest BCUT2D eigenvalue weighted by Gasteiger charge is 2.54. The molecule has 13 rings (SSSR count). The molecule has 0 saturated carbocycles. The maximum Gasteiger partial charge on any atom is 0.0529 e. The van der Waals surface area contributed by atoms with E-state index in [-0.39, 0.29) is 23.2 Å². The van der Waals surface area contributed by atoms with Crippen molar-refractivity contribution in [2.75, 3.05) is 4.90 Å². The predicted octanol–water partition coefficient (Wildman–Crippen LogP) is 16.7. The van der Waals surface area contributed by atoms with Gasteiger partial charge in [0.15, 0.2) is 0 Å². The van der Waals surface area contributed by atoms with Gasteiger partial charge in [0.05, 0.1) is 10.8 Å². The number of hydrogen-bond donors (Lipinski definition) is 0. The molecule has 0 radical (unpaired) electrons. The summed E-state index contributed by atoms with van der Waals surface area (Å²) in [5.41, 5.74) is 19.6. The van der Waals surface area contributed by atoms with Gasteiger partial charge in [0, 0.05) is 34.8 Å². The van der Waals surface area contributed by atoms with Gasteiger partial charge in [-0.05, 0) is 109 Å². The summed E-state index contributed by atoms with van der Waals surface area (Å²) in [6, 6.07) is 90.7. The average molecular weight is 882 g/mol. The van der Waals surface area contributed by atoms with E-state index in [0.717, 1.165) is 17.8 Å². The molecule has 0 N–H and O–H groups in total. The minimum Gasteiger partial charge on any atom is -0.310 e. The van der Waals surface area contributed by atoms with E-state index in [4.69, 9.17) is 0 Å². The molecule has 9 aromatic rings. The summed E-state index contributed by atoms with van der Waals surface area (Å²) < 4.78 is 0. The van der Waals surface area contributed by atoms with Crippen LogP contribution in [0.1, 0.15) is 56.8 Å². The van der Waals surface area contributed by atoms with E-state index in [1.807, 2.05) is 0 Å². The molecule has 1 nitrogen and oxygen atoms in total. The second-order valence-electron chi connectivity index (χ2n) is 19.0. The van der Waals surface area contributed by atoms with Crippen LogP contribution >= 0.6 is 0 Å². The number of nitrogens with zero attached hydrogens (tertiary/aromatic N) is 1. The summed E-state index contributed by atoms with van der Waals surface area (Å²) in [5.74, 6) is 0.664. The highest BCUT2D eigenvalue weighted by atomic mass is 15.2. The van der Waals surface area contributed by atoms with Gasteiger partial charge in [-0.25, -0.2) is 0 Å². The van der Waals surface area contributed by atoms with Crippen LogP contribution in [0.25, 0.3) is 27.8 Å². The SMILES string of the molecule is C1=CC2c3ccccc3C(c3ccccc3)(c3ccc(N(C4=C5c6ccccc6C(c6ccccc6)(c6ccccc6)C5CC=C4)c4cccc(-c5ccccc5-c5ccccc5)c4)cc3)C2C=C1. The van der Waals surface area contributed by atoms with Gasteiger partial charge in [0.25, 0.3) is 0 Å². The van der Waals surface area contributed by atoms with Crippen molar-refractivity contribution in [2.45, 2.75) is 23.2 Å². The van der Waals surface area contributed by atoms with Gasteiger partial charge in [-0.2, -0.15) is 0 Å². The van der Waals surface area contributed by atoms with Crippen molar-refractivity contribution in [3.05, 3.63) is 329 Å². The maximum absolute atomic E-state index is 2.56. The fraction of sp³-hybridized carbons (Fsp3) is 0.0882. The smallest absolute Gasteiger partial charge is 0.0529 e. The van der Waals surface area contributed by atoms with E-state index in [1.54, 1.807) is 0 Å². The Morgan fingerprint density at radius 2 is 0.913 bits per heavy atom. The Bertz CT molecular complexity index is 3430. The van der Waals surface area contributed by atoms with Crippen molar-refractivity contribution < 1.29 is 0 Å². The molecule has 4 aliphatic rings. The average Bonchev–Trinajstić information content (AvgIpc) is 3.91. The first-order valence-corrected chi connectivity index (χ1v) is 24.5. The van der Waals surface area contributed by atoms with Crippen LogP contribution in [-0.4, -0.2) is 0 Å². The predicted molar refractivity (Wildman–Crippen MR) is 287 cm³/mol. The molecule has 0 amide bonds. The third-order valence-corrected chi connectivity index (χ3v) is 15.8. The van der Waals surface area contributed by atoms with Crippen molar-refractivity contribution in [2.24, 2.45) is 11.8 Å². The maximum atomic E-state index is 2.56. The van der Waals surface area contributed by atoms with E-state index in [0.29, 0.717) is 0 Å². The van der Waals surface area contributed by atoms with Crippen LogP contribution in [0.15, 0.2) is 285 Å². The summed E-state index contributed by atoms with van der Waals surface area (Å²) in [4.78, 5) is 2.56. The number of hydrogen-bond acceptors (Lipinski definition) is 1. The molecule has 1 heteroatoms. The zero-order valence-corrected chi connectivity index (χ0v) is 38.4. The Kier molecular flexibility index (Phi) is 9.98. The fourth-order valence-electron chi connectivity index (χ4n) is 13.1. The number of rotatable bonds is 9. The fourth-order valence-corrected chi connectivity index (χ4v) is 13.1. The first-order chi connectivity index (χ1) is 34.3. The molecule has 0 bridgehead atoms. The zero-order chi connectivity index (χ0) is 45.8. The van der Waals surface area contributed by atoms with Gasteiger partial charge in [-0.1, -0.05) is 249 Å². The molecule has 69 heavy (non-hydrogen) atoms. The molecule has 0 fully saturated rings. The lowest BCUT2D eigenvalue weighted by molar-refractivity contribution is 0.457. The van der Waals surface area contributed by atoms with E-state index in [9.17, 15) is 0 Å². The number of anilines is 2. The van der Waals surface area contributed by atoms with Crippen molar-refractivity contribution in [3.63, 3.8) is 0 Å². The molecular weight excluding hydrogens is 831 g/mol. The number of fused-ring (bicyclic) bond motifs is 6. The van der Waals surface area contributed by atoms with E-state index in [2.05, 4.69) is 284 Å². The van der Waals surface area contributed by atoms with Crippen molar-refractivity contribution in [3.8, 4) is 22.3 Å². The second kappa shape index (κ2) is 16.8. The van der Waals surface area contributed by atoms with Crippen LogP contribution in [0.4, 0.5) is 11.4 Å². The molecule has 9 aromatic carbocycles. The summed E-state index contributed by atoms with van der Waals surface area (Å²) in [7, 11) is 0. The topological polar surface area (TPSA) is 3.24 Å². The Morgan fingerprint density at radius 1 is 0.391 bits per heavy atom. The van der Waals surface area contributed by atoms with Crippen LogP contribution in [0.5, 0.6) is 0 Å². The molecule has 4 aliphatic carbocycles. The molecule has 0 heterocycles. The molecule has 0 saturated heterocycles. The summed E-state index contributed by atoms with van der Waals surface area (Å²) in [5, 5.41) is 0. The van der Waals surface area contributed by atoms with E-state index < -0.39 is 5.41 Å². The van der Waals surface area contributed by atoms with Crippen molar-refractivity contribution in [1.82, 2.24) is 0 Å². The number of benzene rings is 9. The summed E-state index contributed by atoms with van der Waals surface area (Å²) >= 11 is 0. The van der Waals surface area contributed by atoms with Crippen LogP contribution in [-0.2, 0) is 10.8 Å². The van der Waals surface area contributed by atoms with Crippen molar-refractivity contribution >= 4 is 16.9 Å². The highest BCUT2D eigenvalue weighted by molar-refractivity contribution is 5.92. The zero-order valence-electron chi connectivity index (χ0n) is 38.4. The third kappa shape index (κ3) is 6.30. The minimum absolute atomic E-state index is 0.142.